The van der Waals surface area contributed by atoms with Gasteiger partial charge in [0, 0.05) is 23.7 Å². The molecule has 0 saturated carbocycles. The largest absolute Gasteiger partial charge is 0.473 e. The Bertz CT molecular complexity index is 502. The molecule has 1 aromatic carbocycles. The summed E-state index contributed by atoms with van der Waals surface area (Å²) in [7, 11) is 1.82. The van der Waals surface area contributed by atoms with E-state index in [0.717, 1.165) is 11.4 Å². The van der Waals surface area contributed by atoms with Gasteiger partial charge in [0.15, 0.2) is 0 Å². The highest BCUT2D eigenvalue weighted by Gasteiger charge is 2.01. The maximum Gasteiger partial charge on any atom is 0.215 e. The Morgan fingerprint density at radius 2 is 2.00 bits per heavy atom. The fraction of sp³-hybridized carbons (Fsp3) is 0.154. The second-order valence-electron chi connectivity index (χ2n) is 3.49. The predicted molar refractivity (Wildman–Crippen MR) is 69.6 cm³/mol. The average molecular weight is 249 g/mol. The van der Waals surface area contributed by atoms with Gasteiger partial charge in [-0.15, -0.1) is 0 Å². The van der Waals surface area contributed by atoms with Crippen LogP contribution in [0.1, 0.15) is 5.56 Å². The minimum Gasteiger partial charge on any atom is -0.473 e. The zero-order chi connectivity index (χ0) is 12.1. The number of nitrogens with zero attached hydrogens (tertiary/aromatic N) is 1. The topological polar surface area (TPSA) is 34.1 Å². The molecule has 2 aromatic rings. The zero-order valence-corrected chi connectivity index (χ0v) is 10.2. The van der Waals surface area contributed by atoms with Gasteiger partial charge in [-0.2, -0.15) is 4.98 Å². The first-order valence-electron chi connectivity index (χ1n) is 5.30. The minimum absolute atomic E-state index is 0.417. The lowest BCUT2D eigenvalue weighted by Gasteiger charge is -2.07. The monoisotopic (exact) mass is 248 g/mol. The summed E-state index contributed by atoms with van der Waals surface area (Å²) in [5.74, 6) is 1.36. The van der Waals surface area contributed by atoms with Gasteiger partial charge in [-0.05, 0) is 12.1 Å². The van der Waals surface area contributed by atoms with Gasteiger partial charge in [0.05, 0.1) is 0 Å². The van der Waals surface area contributed by atoms with Crippen LogP contribution in [0.25, 0.3) is 0 Å². The van der Waals surface area contributed by atoms with Crippen molar-refractivity contribution < 1.29 is 4.74 Å². The van der Waals surface area contributed by atoms with Gasteiger partial charge in [0.2, 0.25) is 5.88 Å². The lowest BCUT2D eigenvalue weighted by Crippen LogP contribution is -1.99. The van der Waals surface area contributed by atoms with Crippen molar-refractivity contribution in [2.75, 3.05) is 12.4 Å². The average Bonchev–Trinajstić information content (AvgIpc) is 2.38. The molecule has 0 saturated heterocycles. The van der Waals surface area contributed by atoms with Gasteiger partial charge in [-0.25, -0.2) is 0 Å². The van der Waals surface area contributed by atoms with Gasteiger partial charge in [-0.1, -0.05) is 35.9 Å². The van der Waals surface area contributed by atoms with E-state index in [1.54, 1.807) is 0 Å². The number of halogens is 1. The molecule has 2 rings (SSSR count). The molecule has 0 fully saturated rings. The van der Waals surface area contributed by atoms with Crippen molar-refractivity contribution in [3.05, 3.63) is 53.1 Å². The summed E-state index contributed by atoms with van der Waals surface area (Å²) >= 11 is 6.04. The van der Waals surface area contributed by atoms with E-state index in [1.807, 2.05) is 49.5 Å². The summed E-state index contributed by atoms with van der Waals surface area (Å²) in [4.78, 5) is 4.26. The minimum atomic E-state index is 0.417. The van der Waals surface area contributed by atoms with Crippen molar-refractivity contribution in [2.24, 2.45) is 0 Å². The molecular weight excluding hydrogens is 236 g/mol. The second kappa shape index (κ2) is 5.55. The van der Waals surface area contributed by atoms with Crippen LogP contribution in [0.2, 0.25) is 5.02 Å². The number of rotatable bonds is 4. The maximum absolute atomic E-state index is 6.04. The highest BCUT2D eigenvalue weighted by molar-refractivity contribution is 6.31. The third-order valence-electron chi connectivity index (χ3n) is 2.31. The number of benzene rings is 1. The van der Waals surface area contributed by atoms with E-state index < -0.39 is 0 Å². The van der Waals surface area contributed by atoms with Crippen LogP contribution >= 0.6 is 11.6 Å². The van der Waals surface area contributed by atoms with E-state index in [-0.39, 0.29) is 0 Å². The van der Waals surface area contributed by atoms with Crippen molar-refractivity contribution in [3.63, 3.8) is 0 Å². The van der Waals surface area contributed by atoms with E-state index in [0.29, 0.717) is 17.5 Å². The Kier molecular flexibility index (Phi) is 3.83. The van der Waals surface area contributed by atoms with Crippen LogP contribution < -0.4 is 10.1 Å². The molecular formula is C13H13ClN2O. The van der Waals surface area contributed by atoms with Crippen LogP contribution in [0.5, 0.6) is 5.88 Å². The molecule has 0 atom stereocenters. The van der Waals surface area contributed by atoms with E-state index in [9.17, 15) is 0 Å². The number of aromatic nitrogens is 1. The van der Waals surface area contributed by atoms with Gasteiger partial charge in [-0.3, -0.25) is 0 Å². The molecule has 1 N–H and O–H groups in total. The molecule has 0 aliphatic rings. The summed E-state index contributed by atoms with van der Waals surface area (Å²) in [5, 5.41) is 3.67. The van der Waals surface area contributed by atoms with Crippen molar-refractivity contribution in [3.8, 4) is 5.88 Å². The van der Waals surface area contributed by atoms with Crippen LogP contribution in [0.3, 0.4) is 0 Å². The molecule has 0 aliphatic carbocycles. The number of hydrogen-bond acceptors (Lipinski definition) is 3. The van der Waals surface area contributed by atoms with Crippen LogP contribution in [0.4, 0.5) is 5.82 Å². The molecule has 0 radical (unpaired) electrons. The van der Waals surface area contributed by atoms with Gasteiger partial charge >= 0.3 is 0 Å². The molecule has 1 heterocycles. The van der Waals surface area contributed by atoms with Crippen LogP contribution in [0.15, 0.2) is 42.5 Å². The Labute approximate surface area is 105 Å². The summed E-state index contributed by atoms with van der Waals surface area (Å²) in [6, 6.07) is 13.2. The van der Waals surface area contributed by atoms with E-state index >= 15 is 0 Å². The Morgan fingerprint density at radius 3 is 2.76 bits per heavy atom. The molecule has 4 heteroatoms. The molecule has 0 unspecified atom stereocenters. The third-order valence-corrected chi connectivity index (χ3v) is 2.68. The smallest absolute Gasteiger partial charge is 0.215 e. The normalized spacial score (nSPS) is 10.0. The van der Waals surface area contributed by atoms with Crippen molar-refractivity contribution in [1.82, 2.24) is 4.98 Å². The van der Waals surface area contributed by atoms with Crippen molar-refractivity contribution in [2.45, 2.75) is 6.61 Å². The third kappa shape index (κ3) is 3.11. The first kappa shape index (κ1) is 11.7. The van der Waals surface area contributed by atoms with E-state index in [1.165, 1.54) is 0 Å². The summed E-state index contributed by atoms with van der Waals surface area (Å²) in [6.45, 7) is 0.417. The molecule has 1 aromatic heterocycles. The lowest BCUT2D eigenvalue weighted by atomic mass is 10.2. The Balaban J connectivity index is 2.05. The number of ether oxygens (including phenoxy) is 1. The quantitative estimate of drug-likeness (QED) is 0.901. The van der Waals surface area contributed by atoms with Gasteiger partial charge in [0.25, 0.3) is 0 Å². The summed E-state index contributed by atoms with van der Waals surface area (Å²) < 4.78 is 5.58. The number of nitrogens with one attached hydrogen (secondary N) is 1. The predicted octanol–water partition coefficient (Wildman–Crippen LogP) is 3.36. The molecule has 0 aliphatic heterocycles. The Hall–Kier alpha value is -1.74. The van der Waals surface area contributed by atoms with Crippen LogP contribution in [-0.2, 0) is 6.61 Å². The zero-order valence-electron chi connectivity index (χ0n) is 9.48. The lowest BCUT2D eigenvalue weighted by molar-refractivity contribution is 0.294. The SMILES string of the molecule is CNc1cccc(OCc2ccccc2Cl)n1. The van der Waals surface area contributed by atoms with Crippen molar-refractivity contribution in [1.29, 1.82) is 0 Å². The summed E-state index contributed by atoms with van der Waals surface area (Å²) in [5.41, 5.74) is 0.950. The fourth-order valence-electron chi connectivity index (χ4n) is 1.40. The fourth-order valence-corrected chi connectivity index (χ4v) is 1.59. The molecule has 0 bridgehead atoms. The number of anilines is 1. The summed E-state index contributed by atoms with van der Waals surface area (Å²) in [6.07, 6.45) is 0. The molecule has 0 spiro atoms. The highest BCUT2D eigenvalue weighted by atomic mass is 35.5. The Morgan fingerprint density at radius 1 is 1.18 bits per heavy atom. The van der Waals surface area contributed by atoms with Gasteiger partial charge in [0.1, 0.15) is 12.4 Å². The first-order valence-corrected chi connectivity index (χ1v) is 5.68. The molecule has 0 amide bonds. The molecule has 3 nitrogen and oxygen atoms in total. The maximum atomic E-state index is 6.04. The number of hydrogen-bond donors (Lipinski definition) is 1. The van der Waals surface area contributed by atoms with Gasteiger partial charge < -0.3 is 10.1 Å². The van der Waals surface area contributed by atoms with E-state index in [4.69, 9.17) is 16.3 Å². The standard InChI is InChI=1S/C13H13ClN2O/c1-15-12-7-4-8-13(16-12)17-9-10-5-2-3-6-11(10)14/h2-8H,9H2,1H3,(H,15,16). The number of pyridine rings is 1. The van der Waals surface area contributed by atoms with E-state index in [2.05, 4.69) is 10.3 Å². The van der Waals surface area contributed by atoms with Crippen LogP contribution in [0, 0.1) is 0 Å². The second-order valence-corrected chi connectivity index (χ2v) is 3.90. The van der Waals surface area contributed by atoms with Crippen LogP contribution in [-0.4, -0.2) is 12.0 Å². The molecule has 17 heavy (non-hydrogen) atoms. The first-order chi connectivity index (χ1) is 8.29. The molecule has 88 valence electrons. The van der Waals surface area contributed by atoms with Crippen molar-refractivity contribution >= 4 is 17.4 Å². The highest BCUT2D eigenvalue weighted by Crippen LogP contribution is 2.18.